The molecule has 0 bridgehead atoms. The molecule has 1 atom stereocenters. The highest BCUT2D eigenvalue weighted by Crippen LogP contribution is 2.12. The Hall–Kier alpha value is -0.900. The molecule has 1 heterocycles. The fraction of sp³-hybridized carbons (Fsp3) is 0.750. The van der Waals surface area contributed by atoms with E-state index < -0.39 is 0 Å². The molecule has 4 heteroatoms. The van der Waals surface area contributed by atoms with Crippen molar-refractivity contribution < 1.29 is 0 Å². The molecule has 0 spiro atoms. The smallest absolute Gasteiger partial charge is 0.143 e. The van der Waals surface area contributed by atoms with Crippen molar-refractivity contribution in [3.63, 3.8) is 0 Å². The summed E-state index contributed by atoms with van der Waals surface area (Å²) in [6, 6.07) is 0.0393. The monoisotopic (exact) mass is 168 g/mol. The van der Waals surface area contributed by atoms with Crippen molar-refractivity contribution in [3.05, 3.63) is 12.2 Å². The van der Waals surface area contributed by atoms with E-state index in [0.29, 0.717) is 0 Å². The van der Waals surface area contributed by atoms with Gasteiger partial charge >= 0.3 is 0 Å². The molecule has 1 unspecified atom stereocenters. The molecule has 0 radical (unpaired) electrons. The van der Waals surface area contributed by atoms with Gasteiger partial charge in [-0.05, 0) is 6.42 Å². The molecule has 0 aliphatic heterocycles. The van der Waals surface area contributed by atoms with Gasteiger partial charge in [0.15, 0.2) is 0 Å². The molecule has 0 aliphatic carbocycles. The van der Waals surface area contributed by atoms with Gasteiger partial charge in [0, 0.05) is 7.05 Å². The second kappa shape index (κ2) is 4.21. The maximum absolute atomic E-state index is 5.90. The zero-order valence-electron chi connectivity index (χ0n) is 7.70. The van der Waals surface area contributed by atoms with Gasteiger partial charge in [-0.15, -0.1) is 0 Å². The van der Waals surface area contributed by atoms with Gasteiger partial charge in [-0.2, -0.15) is 5.10 Å². The first kappa shape index (κ1) is 9.19. The molecule has 1 rings (SSSR count). The van der Waals surface area contributed by atoms with Crippen LogP contribution in [0.2, 0.25) is 0 Å². The van der Waals surface area contributed by atoms with Gasteiger partial charge in [-0.25, -0.2) is 4.98 Å². The van der Waals surface area contributed by atoms with E-state index in [1.165, 1.54) is 6.42 Å². The van der Waals surface area contributed by atoms with Gasteiger partial charge in [0.05, 0.1) is 6.04 Å². The normalized spacial score (nSPS) is 13.2. The van der Waals surface area contributed by atoms with E-state index in [1.807, 2.05) is 7.05 Å². The first-order chi connectivity index (χ1) is 5.75. The average Bonchev–Trinajstić information content (AvgIpc) is 2.47. The second-order valence-electron chi connectivity index (χ2n) is 2.99. The van der Waals surface area contributed by atoms with E-state index >= 15 is 0 Å². The Kier molecular flexibility index (Phi) is 3.22. The molecule has 12 heavy (non-hydrogen) atoms. The predicted molar refractivity (Wildman–Crippen MR) is 47.5 cm³/mol. The maximum Gasteiger partial charge on any atom is 0.143 e. The molecule has 0 saturated carbocycles. The molecule has 1 aromatic rings. The van der Waals surface area contributed by atoms with Crippen LogP contribution in [0.5, 0.6) is 0 Å². The minimum atomic E-state index is 0.0393. The summed E-state index contributed by atoms with van der Waals surface area (Å²) in [5.74, 6) is 0.878. The first-order valence-electron chi connectivity index (χ1n) is 4.35. The lowest BCUT2D eigenvalue weighted by atomic mass is 10.1. The molecule has 0 fully saturated rings. The summed E-state index contributed by atoms with van der Waals surface area (Å²) < 4.78 is 1.74. The standard InChI is InChI=1S/C8H16N4/c1-3-4-5-7(9)8-10-6-11-12(8)2/h6-7H,3-5,9H2,1-2H3. The minimum Gasteiger partial charge on any atom is -0.321 e. The molecule has 0 saturated heterocycles. The fourth-order valence-electron chi connectivity index (χ4n) is 1.19. The lowest BCUT2D eigenvalue weighted by Crippen LogP contribution is -2.15. The maximum atomic E-state index is 5.90. The van der Waals surface area contributed by atoms with E-state index in [0.717, 1.165) is 18.7 Å². The van der Waals surface area contributed by atoms with Crippen LogP contribution in [0, 0.1) is 0 Å². The summed E-state index contributed by atoms with van der Waals surface area (Å²) in [5, 5.41) is 3.97. The van der Waals surface area contributed by atoms with Crippen LogP contribution in [0.15, 0.2) is 6.33 Å². The highest BCUT2D eigenvalue weighted by molar-refractivity contribution is 4.91. The van der Waals surface area contributed by atoms with Crippen molar-refractivity contribution in [2.75, 3.05) is 0 Å². The van der Waals surface area contributed by atoms with E-state index in [4.69, 9.17) is 5.73 Å². The molecule has 2 N–H and O–H groups in total. The molecule has 0 aliphatic rings. The first-order valence-corrected chi connectivity index (χ1v) is 4.35. The van der Waals surface area contributed by atoms with Crippen molar-refractivity contribution in [3.8, 4) is 0 Å². The number of nitrogens with two attached hydrogens (primary N) is 1. The Balaban J connectivity index is 2.52. The highest BCUT2D eigenvalue weighted by atomic mass is 15.3. The number of hydrogen-bond acceptors (Lipinski definition) is 3. The molecular weight excluding hydrogens is 152 g/mol. The number of hydrogen-bond donors (Lipinski definition) is 1. The van der Waals surface area contributed by atoms with Crippen LogP contribution < -0.4 is 5.73 Å². The van der Waals surface area contributed by atoms with Gasteiger partial charge in [0.2, 0.25) is 0 Å². The Bertz CT molecular complexity index is 231. The van der Waals surface area contributed by atoms with Crippen molar-refractivity contribution in [2.24, 2.45) is 12.8 Å². The molecular formula is C8H16N4. The lowest BCUT2D eigenvalue weighted by Gasteiger charge is -2.08. The van der Waals surface area contributed by atoms with E-state index in [9.17, 15) is 0 Å². The lowest BCUT2D eigenvalue weighted by molar-refractivity contribution is 0.543. The van der Waals surface area contributed by atoms with Crippen molar-refractivity contribution >= 4 is 0 Å². The number of aryl methyl sites for hydroxylation is 1. The van der Waals surface area contributed by atoms with Crippen LogP contribution in [0.4, 0.5) is 0 Å². The van der Waals surface area contributed by atoms with Crippen molar-refractivity contribution in [2.45, 2.75) is 32.2 Å². The predicted octanol–water partition coefficient (Wildman–Crippen LogP) is 1.01. The molecule has 4 nitrogen and oxygen atoms in total. The van der Waals surface area contributed by atoms with Gasteiger partial charge in [0.1, 0.15) is 12.2 Å². The zero-order chi connectivity index (χ0) is 8.97. The molecule has 68 valence electrons. The summed E-state index contributed by atoms with van der Waals surface area (Å²) in [5.41, 5.74) is 5.90. The summed E-state index contributed by atoms with van der Waals surface area (Å²) in [4.78, 5) is 4.10. The molecule has 0 aromatic carbocycles. The second-order valence-corrected chi connectivity index (χ2v) is 2.99. The third kappa shape index (κ3) is 2.04. The Labute approximate surface area is 72.8 Å². The summed E-state index contributed by atoms with van der Waals surface area (Å²) >= 11 is 0. The zero-order valence-corrected chi connectivity index (χ0v) is 7.70. The number of nitrogens with zero attached hydrogens (tertiary/aromatic N) is 3. The van der Waals surface area contributed by atoms with Crippen LogP contribution in [-0.4, -0.2) is 14.8 Å². The van der Waals surface area contributed by atoms with Crippen LogP contribution in [-0.2, 0) is 7.05 Å². The fourth-order valence-corrected chi connectivity index (χ4v) is 1.19. The summed E-state index contributed by atoms with van der Waals surface area (Å²) in [6.45, 7) is 2.16. The Morgan fingerprint density at radius 1 is 1.67 bits per heavy atom. The summed E-state index contributed by atoms with van der Waals surface area (Å²) in [6.07, 6.45) is 4.85. The van der Waals surface area contributed by atoms with Gasteiger partial charge in [-0.3, -0.25) is 4.68 Å². The van der Waals surface area contributed by atoms with Gasteiger partial charge in [0.25, 0.3) is 0 Å². The summed E-state index contributed by atoms with van der Waals surface area (Å²) in [7, 11) is 1.87. The van der Waals surface area contributed by atoms with Crippen LogP contribution in [0.1, 0.15) is 38.1 Å². The quantitative estimate of drug-likeness (QED) is 0.729. The Morgan fingerprint density at radius 2 is 2.42 bits per heavy atom. The minimum absolute atomic E-state index is 0.0393. The SMILES string of the molecule is CCCCC(N)c1ncnn1C. The highest BCUT2D eigenvalue weighted by Gasteiger charge is 2.09. The third-order valence-electron chi connectivity index (χ3n) is 1.95. The van der Waals surface area contributed by atoms with E-state index in [-0.39, 0.29) is 6.04 Å². The average molecular weight is 168 g/mol. The van der Waals surface area contributed by atoms with E-state index in [1.54, 1.807) is 11.0 Å². The largest absolute Gasteiger partial charge is 0.321 e. The molecule has 1 aromatic heterocycles. The molecule has 0 amide bonds. The number of unbranched alkanes of at least 4 members (excludes halogenated alkanes) is 1. The topological polar surface area (TPSA) is 56.7 Å². The van der Waals surface area contributed by atoms with Crippen molar-refractivity contribution in [1.82, 2.24) is 14.8 Å². The van der Waals surface area contributed by atoms with Gasteiger partial charge < -0.3 is 5.73 Å². The number of rotatable bonds is 4. The Morgan fingerprint density at radius 3 is 2.92 bits per heavy atom. The van der Waals surface area contributed by atoms with Crippen LogP contribution >= 0.6 is 0 Å². The van der Waals surface area contributed by atoms with Gasteiger partial charge in [-0.1, -0.05) is 19.8 Å². The van der Waals surface area contributed by atoms with E-state index in [2.05, 4.69) is 17.0 Å². The number of aromatic nitrogens is 3. The van der Waals surface area contributed by atoms with Crippen LogP contribution in [0.25, 0.3) is 0 Å². The van der Waals surface area contributed by atoms with Crippen LogP contribution in [0.3, 0.4) is 0 Å². The third-order valence-corrected chi connectivity index (χ3v) is 1.95. The van der Waals surface area contributed by atoms with Crippen molar-refractivity contribution in [1.29, 1.82) is 0 Å².